The van der Waals surface area contributed by atoms with Crippen LogP contribution >= 0.6 is 0 Å². The van der Waals surface area contributed by atoms with Gasteiger partial charge in [-0.3, -0.25) is 4.79 Å². The highest BCUT2D eigenvalue weighted by molar-refractivity contribution is 6.00. The van der Waals surface area contributed by atoms with Gasteiger partial charge in [0.2, 0.25) is 0 Å². The van der Waals surface area contributed by atoms with Gasteiger partial charge >= 0.3 is 0 Å². The molecule has 0 aliphatic rings. The number of hydrogen-bond acceptors (Lipinski definition) is 2. The minimum Gasteiger partial charge on any atom is -0.385 e. The van der Waals surface area contributed by atoms with Gasteiger partial charge in [-0.15, -0.1) is 0 Å². The first-order valence-electron chi connectivity index (χ1n) is 3.96. The predicted molar refractivity (Wildman–Crippen MR) is 45.8 cm³/mol. The van der Waals surface area contributed by atoms with Crippen molar-refractivity contribution in [2.75, 3.05) is 12.4 Å². The van der Waals surface area contributed by atoms with Crippen molar-refractivity contribution in [2.45, 2.75) is 6.92 Å². The Kier molecular flexibility index (Phi) is 2.97. The number of benzene rings is 1. The van der Waals surface area contributed by atoms with E-state index >= 15 is 0 Å². The van der Waals surface area contributed by atoms with Crippen LogP contribution in [0.15, 0.2) is 0 Å². The summed E-state index contributed by atoms with van der Waals surface area (Å²) in [6, 6.07) is 0. The second kappa shape index (κ2) is 3.88. The van der Waals surface area contributed by atoms with E-state index in [0.29, 0.717) is 0 Å². The molecule has 0 aliphatic carbocycles. The lowest BCUT2D eigenvalue weighted by molar-refractivity contribution is 0.101. The van der Waals surface area contributed by atoms with Crippen molar-refractivity contribution in [3.05, 3.63) is 28.8 Å². The van der Waals surface area contributed by atoms with Crippen molar-refractivity contribution in [2.24, 2.45) is 0 Å². The van der Waals surface area contributed by atoms with Crippen LogP contribution in [0.2, 0.25) is 0 Å². The number of ketones is 1. The summed E-state index contributed by atoms with van der Waals surface area (Å²) in [4.78, 5) is 10.9. The third kappa shape index (κ3) is 1.67. The Morgan fingerprint density at radius 3 is 1.87 bits per heavy atom. The molecule has 0 saturated heterocycles. The monoisotopic (exact) mass is 221 g/mol. The SMILES string of the molecule is CNc1c(F)c(F)c(F)c(F)c1C(C)=O. The van der Waals surface area contributed by atoms with Gasteiger partial charge in [0.1, 0.15) is 0 Å². The first-order valence-corrected chi connectivity index (χ1v) is 3.96. The summed E-state index contributed by atoms with van der Waals surface area (Å²) in [6.07, 6.45) is 0. The molecule has 0 aliphatic heterocycles. The van der Waals surface area contributed by atoms with E-state index in [-0.39, 0.29) is 0 Å². The van der Waals surface area contributed by atoms with Crippen LogP contribution in [0.5, 0.6) is 0 Å². The zero-order chi connectivity index (χ0) is 11.7. The third-order valence-electron chi connectivity index (χ3n) is 1.87. The van der Waals surface area contributed by atoms with Gasteiger partial charge in [0, 0.05) is 7.05 Å². The fourth-order valence-electron chi connectivity index (χ4n) is 1.20. The minimum atomic E-state index is -1.99. The standard InChI is InChI=1S/C9H7F4NO/c1-3(15)4-5(10)6(11)7(12)8(13)9(4)14-2/h14H,1-2H3. The quantitative estimate of drug-likeness (QED) is 0.360. The smallest absolute Gasteiger partial charge is 0.199 e. The molecule has 1 aromatic rings. The Morgan fingerprint density at radius 2 is 1.47 bits per heavy atom. The molecular formula is C9H7F4NO. The molecule has 82 valence electrons. The lowest BCUT2D eigenvalue weighted by Crippen LogP contribution is -2.11. The summed E-state index contributed by atoms with van der Waals surface area (Å²) >= 11 is 0. The van der Waals surface area contributed by atoms with Gasteiger partial charge in [0.05, 0.1) is 11.3 Å². The molecule has 0 radical (unpaired) electrons. The zero-order valence-corrected chi connectivity index (χ0v) is 7.92. The van der Waals surface area contributed by atoms with Gasteiger partial charge in [-0.25, -0.2) is 17.6 Å². The van der Waals surface area contributed by atoms with Crippen molar-refractivity contribution < 1.29 is 22.4 Å². The van der Waals surface area contributed by atoms with Gasteiger partial charge in [0.15, 0.2) is 29.1 Å². The maximum atomic E-state index is 13.1. The molecule has 0 saturated carbocycles. The molecule has 2 nitrogen and oxygen atoms in total. The zero-order valence-electron chi connectivity index (χ0n) is 7.92. The molecule has 15 heavy (non-hydrogen) atoms. The van der Waals surface area contributed by atoms with Gasteiger partial charge in [0.25, 0.3) is 0 Å². The Labute approximate surface area is 82.9 Å². The lowest BCUT2D eigenvalue weighted by atomic mass is 10.1. The Balaban J connectivity index is 3.70. The van der Waals surface area contributed by atoms with E-state index in [1.54, 1.807) is 0 Å². The highest BCUT2D eigenvalue weighted by atomic mass is 19.2. The first kappa shape index (κ1) is 11.5. The van der Waals surface area contributed by atoms with E-state index < -0.39 is 40.3 Å². The fraction of sp³-hybridized carbons (Fsp3) is 0.222. The largest absolute Gasteiger partial charge is 0.385 e. The van der Waals surface area contributed by atoms with Crippen molar-refractivity contribution in [3.8, 4) is 0 Å². The number of Topliss-reactive ketones (excluding diaryl/α,β-unsaturated/α-hetero) is 1. The van der Waals surface area contributed by atoms with Gasteiger partial charge in [-0.1, -0.05) is 0 Å². The first-order chi connectivity index (χ1) is 6.91. The van der Waals surface area contributed by atoms with E-state index in [9.17, 15) is 22.4 Å². The molecule has 6 heteroatoms. The van der Waals surface area contributed by atoms with Crippen molar-refractivity contribution in [3.63, 3.8) is 0 Å². The van der Waals surface area contributed by atoms with E-state index in [1.165, 1.54) is 7.05 Å². The topological polar surface area (TPSA) is 29.1 Å². The van der Waals surface area contributed by atoms with Gasteiger partial charge in [-0.2, -0.15) is 0 Å². The molecule has 0 atom stereocenters. The Bertz CT molecular complexity index is 431. The van der Waals surface area contributed by atoms with Crippen LogP contribution in [0.4, 0.5) is 23.2 Å². The highest BCUT2D eigenvalue weighted by Gasteiger charge is 2.26. The molecule has 0 aromatic heterocycles. The summed E-state index contributed by atoms with van der Waals surface area (Å²) in [7, 11) is 1.17. The van der Waals surface area contributed by atoms with Crippen LogP contribution in [0.3, 0.4) is 0 Å². The summed E-state index contributed by atoms with van der Waals surface area (Å²) in [5.41, 5.74) is -1.51. The van der Waals surface area contributed by atoms with Crippen LogP contribution in [0, 0.1) is 23.3 Å². The molecule has 0 fully saturated rings. The molecule has 0 bridgehead atoms. The second-order valence-electron chi connectivity index (χ2n) is 2.81. The second-order valence-corrected chi connectivity index (χ2v) is 2.81. The molecule has 0 spiro atoms. The molecule has 1 aromatic carbocycles. The Morgan fingerprint density at radius 1 is 1.00 bits per heavy atom. The molecule has 0 amide bonds. The predicted octanol–water partition coefficient (Wildman–Crippen LogP) is 2.49. The average molecular weight is 221 g/mol. The van der Waals surface area contributed by atoms with Gasteiger partial charge in [-0.05, 0) is 6.92 Å². The van der Waals surface area contributed by atoms with Crippen molar-refractivity contribution >= 4 is 11.5 Å². The molecular weight excluding hydrogens is 214 g/mol. The van der Waals surface area contributed by atoms with Crippen LogP contribution in [-0.2, 0) is 0 Å². The summed E-state index contributed by atoms with van der Waals surface area (Å²) in [5.74, 6) is -8.12. The summed E-state index contributed by atoms with van der Waals surface area (Å²) < 4.78 is 51.7. The van der Waals surface area contributed by atoms with E-state index in [2.05, 4.69) is 5.32 Å². The number of halogens is 4. The van der Waals surface area contributed by atoms with Crippen molar-refractivity contribution in [1.29, 1.82) is 0 Å². The maximum absolute atomic E-state index is 13.1. The molecule has 1 rings (SSSR count). The van der Waals surface area contributed by atoms with E-state index in [4.69, 9.17) is 0 Å². The normalized spacial score (nSPS) is 10.3. The number of anilines is 1. The van der Waals surface area contributed by atoms with Crippen LogP contribution in [0.1, 0.15) is 17.3 Å². The van der Waals surface area contributed by atoms with Crippen LogP contribution in [-0.4, -0.2) is 12.8 Å². The maximum Gasteiger partial charge on any atom is 0.199 e. The average Bonchev–Trinajstić information content (AvgIpc) is 2.19. The number of rotatable bonds is 2. The van der Waals surface area contributed by atoms with E-state index in [0.717, 1.165) is 6.92 Å². The molecule has 1 N–H and O–H groups in total. The third-order valence-corrected chi connectivity index (χ3v) is 1.87. The molecule has 0 heterocycles. The highest BCUT2D eigenvalue weighted by Crippen LogP contribution is 2.28. The molecule has 0 unspecified atom stereocenters. The summed E-state index contributed by atoms with van der Waals surface area (Å²) in [6.45, 7) is 0.927. The number of nitrogens with one attached hydrogen (secondary N) is 1. The minimum absolute atomic E-state index is 0.682. The van der Waals surface area contributed by atoms with E-state index in [1.807, 2.05) is 0 Å². The Hall–Kier alpha value is -1.59. The van der Waals surface area contributed by atoms with Gasteiger partial charge < -0.3 is 5.32 Å². The van der Waals surface area contributed by atoms with Crippen LogP contribution < -0.4 is 5.32 Å². The number of carbonyl (C=O) groups is 1. The lowest BCUT2D eigenvalue weighted by Gasteiger charge is -2.10. The number of carbonyl (C=O) groups excluding carboxylic acids is 1. The fourth-order valence-corrected chi connectivity index (χ4v) is 1.20. The number of hydrogen-bond donors (Lipinski definition) is 1. The van der Waals surface area contributed by atoms with Crippen molar-refractivity contribution in [1.82, 2.24) is 0 Å². The summed E-state index contributed by atoms with van der Waals surface area (Å²) in [5, 5.41) is 2.11. The van der Waals surface area contributed by atoms with Crippen LogP contribution in [0.25, 0.3) is 0 Å².